The Balaban J connectivity index is 1.13. The van der Waals surface area contributed by atoms with Gasteiger partial charge in [-0.25, -0.2) is 4.79 Å². The Morgan fingerprint density at radius 1 is 1.07 bits per heavy atom. The van der Waals surface area contributed by atoms with E-state index in [0.29, 0.717) is 24.7 Å². The minimum absolute atomic E-state index is 0.145. The minimum Gasteiger partial charge on any atom is -0.490 e. The first-order valence-electron chi connectivity index (χ1n) is 11.5. The zero-order valence-electron chi connectivity index (χ0n) is 17.7. The number of rotatable bonds is 7. The number of urea groups is 1. The van der Waals surface area contributed by atoms with E-state index in [1.54, 1.807) is 0 Å². The SMILES string of the molecule is CC1CCCN1CCNC(=O)Nc1ccc(OC2CC(N3CCCCC3)C2)cc1. The van der Waals surface area contributed by atoms with Gasteiger partial charge in [-0.05, 0) is 76.5 Å². The fourth-order valence-corrected chi connectivity index (χ4v) is 4.84. The average Bonchev–Trinajstić information content (AvgIpc) is 3.11. The van der Waals surface area contributed by atoms with Crippen molar-refractivity contribution in [1.29, 1.82) is 0 Å². The molecular formula is C23H36N4O2. The molecule has 3 aliphatic rings. The van der Waals surface area contributed by atoms with Crippen LogP contribution in [0.5, 0.6) is 5.75 Å². The lowest BCUT2D eigenvalue weighted by atomic mass is 9.86. The average molecular weight is 401 g/mol. The van der Waals surface area contributed by atoms with E-state index < -0.39 is 0 Å². The van der Waals surface area contributed by atoms with Crippen molar-refractivity contribution < 1.29 is 9.53 Å². The van der Waals surface area contributed by atoms with E-state index in [2.05, 4.69) is 27.4 Å². The van der Waals surface area contributed by atoms with Crippen LogP contribution in [0.3, 0.4) is 0 Å². The molecule has 2 N–H and O–H groups in total. The molecule has 29 heavy (non-hydrogen) atoms. The number of nitrogens with one attached hydrogen (secondary N) is 2. The zero-order chi connectivity index (χ0) is 20.1. The number of carbonyl (C=O) groups is 1. The van der Waals surface area contributed by atoms with Gasteiger partial charge in [-0.3, -0.25) is 4.90 Å². The number of anilines is 1. The third-order valence-corrected chi connectivity index (χ3v) is 6.77. The van der Waals surface area contributed by atoms with Crippen LogP contribution in [0.25, 0.3) is 0 Å². The number of benzene rings is 1. The normalized spacial score (nSPS) is 28.0. The number of hydrogen-bond donors (Lipinski definition) is 2. The number of carbonyl (C=O) groups excluding carboxylic acids is 1. The molecule has 160 valence electrons. The summed E-state index contributed by atoms with van der Waals surface area (Å²) in [5.74, 6) is 0.890. The Bertz CT molecular complexity index is 653. The lowest BCUT2D eigenvalue weighted by Crippen LogP contribution is -2.50. The molecule has 0 spiro atoms. The lowest BCUT2D eigenvalue weighted by molar-refractivity contribution is 0.00893. The highest BCUT2D eigenvalue weighted by Gasteiger charge is 2.35. The van der Waals surface area contributed by atoms with Gasteiger partial charge in [-0.2, -0.15) is 0 Å². The van der Waals surface area contributed by atoms with E-state index in [1.807, 2.05) is 24.3 Å². The summed E-state index contributed by atoms with van der Waals surface area (Å²) in [6.45, 7) is 7.52. The summed E-state index contributed by atoms with van der Waals surface area (Å²) in [5, 5.41) is 5.86. The maximum absolute atomic E-state index is 12.1. The van der Waals surface area contributed by atoms with Crippen LogP contribution in [-0.2, 0) is 0 Å². The number of amides is 2. The summed E-state index contributed by atoms with van der Waals surface area (Å²) in [4.78, 5) is 17.2. The summed E-state index contributed by atoms with van der Waals surface area (Å²) in [7, 11) is 0. The van der Waals surface area contributed by atoms with Gasteiger partial charge in [-0.1, -0.05) is 6.42 Å². The topological polar surface area (TPSA) is 56.8 Å². The molecule has 0 radical (unpaired) electrons. The molecule has 1 unspecified atom stereocenters. The molecule has 0 aromatic heterocycles. The van der Waals surface area contributed by atoms with Gasteiger partial charge in [-0.15, -0.1) is 0 Å². The van der Waals surface area contributed by atoms with Crippen LogP contribution in [0.4, 0.5) is 10.5 Å². The van der Waals surface area contributed by atoms with Gasteiger partial charge in [0.25, 0.3) is 0 Å². The van der Waals surface area contributed by atoms with Crippen molar-refractivity contribution in [2.24, 2.45) is 0 Å². The van der Waals surface area contributed by atoms with E-state index >= 15 is 0 Å². The van der Waals surface area contributed by atoms with Crippen LogP contribution >= 0.6 is 0 Å². The molecule has 6 nitrogen and oxygen atoms in total. The maximum atomic E-state index is 12.1. The Labute approximate surface area is 175 Å². The summed E-state index contributed by atoms with van der Waals surface area (Å²) >= 11 is 0. The summed E-state index contributed by atoms with van der Waals surface area (Å²) in [6, 6.07) is 8.95. The molecule has 1 saturated carbocycles. The van der Waals surface area contributed by atoms with Crippen molar-refractivity contribution in [3.05, 3.63) is 24.3 Å². The molecule has 2 aliphatic heterocycles. The van der Waals surface area contributed by atoms with E-state index in [0.717, 1.165) is 37.4 Å². The van der Waals surface area contributed by atoms with Crippen molar-refractivity contribution in [2.75, 3.05) is 38.0 Å². The number of likely N-dealkylation sites (tertiary alicyclic amines) is 2. The Morgan fingerprint density at radius 2 is 1.83 bits per heavy atom. The monoisotopic (exact) mass is 400 g/mol. The molecule has 1 aromatic carbocycles. The molecule has 2 saturated heterocycles. The van der Waals surface area contributed by atoms with Gasteiger partial charge < -0.3 is 20.3 Å². The Kier molecular flexibility index (Phi) is 6.93. The standard InChI is InChI=1S/C23H36N4O2/c1-18-6-5-14-26(18)15-11-24-23(28)25-19-7-9-21(10-8-19)29-22-16-20(17-22)27-12-3-2-4-13-27/h7-10,18,20,22H,2-6,11-17H2,1H3,(H2,24,25,28). The molecule has 1 atom stereocenters. The van der Waals surface area contributed by atoms with Gasteiger partial charge >= 0.3 is 6.03 Å². The molecular weight excluding hydrogens is 364 g/mol. The third-order valence-electron chi connectivity index (χ3n) is 6.77. The number of ether oxygens (including phenoxy) is 1. The number of piperidine rings is 1. The van der Waals surface area contributed by atoms with E-state index in [4.69, 9.17) is 4.74 Å². The summed E-state index contributed by atoms with van der Waals surface area (Å²) in [6.07, 6.45) is 9.22. The van der Waals surface area contributed by atoms with Gasteiger partial charge in [0.2, 0.25) is 0 Å². The van der Waals surface area contributed by atoms with Crippen molar-refractivity contribution in [3.8, 4) is 5.75 Å². The van der Waals surface area contributed by atoms with Crippen LogP contribution in [0.1, 0.15) is 51.9 Å². The maximum Gasteiger partial charge on any atom is 0.319 e. The molecule has 1 aromatic rings. The predicted octanol–water partition coefficient (Wildman–Crippen LogP) is 3.69. The predicted molar refractivity (Wildman–Crippen MR) is 117 cm³/mol. The molecule has 0 bridgehead atoms. The lowest BCUT2D eigenvalue weighted by Gasteiger charge is -2.44. The van der Waals surface area contributed by atoms with Gasteiger partial charge in [0, 0.05) is 43.7 Å². The number of hydrogen-bond acceptors (Lipinski definition) is 4. The highest BCUT2D eigenvalue weighted by Crippen LogP contribution is 2.31. The van der Waals surface area contributed by atoms with Crippen LogP contribution in [0, 0.1) is 0 Å². The second kappa shape index (κ2) is 9.81. The summed E-state index contributed by atoms with van der Waals surface area (Å²) < 4.78 is 6.10. The van der Waals surface area contributed by atoms with E-state index in [1.165, 1.54) is 45.2 Å². The Morgan fingerprint density at radius 3 is 2.52 bits per heavy atom. The van der Waals surface area contributed by atoms with Gasteiger partial charge in [0.05, 0.1) is 0 Å². The summed E-state index contributed by atoms with van der Waals surface area (Å²) in [5.41, 5.74) is 0.796. The molecule has 4 rings (SSSR count). The molecule has 3 fully saturated rings. The fourth-order valence-electron chi connectivity index (χ4n) is 4.84. The van der Waals surface area contributed by atoms with Crippen molar-refractivity contribution in [3.63, 3.8) is 0 Å². The largest absolute Gasteiger partial charge is 0.490 e. The highest BCUT2D eigenvalue weighted by molar-refractivity contribution is 5.89. The van der Waals surface area contributed by atoms with Crippen LogP contribution in [-0.4, -0.2) is 66.7 Å². The van der Waals surface area contributed by atoms with E-state index in [9.17, 15) is 4.79 Å². The fraction of sp³-hybridized carbons (Fsp3) is 0.696. The highest BCUT2D eigenvalue weighted by atomic mass is 16.5. The van der Waals surface area contributed by atoms with Crippen LogP contribution in [0.15, 0.2) is 24.3 Å². The quantitative estimate of drug-likeness (QED) is 0.733. The second-order valence-electron chi connectivity index (χ2n) is 8.89. The van der Waals surface area contributed by atoms with Crippen molar-refractivity contribution in [2.45, 2.75) is 70.1 Å². The number of nitrogens with zero attached hydrogens (tertiary/aromatic N) is 2. The van der Waals surface area contributed by atoms with Gasteiger partial charge in [0.15, 0.2) is 0 Å². The van der Waals surface area contributed by atoms with Crippen molar-refractivity contribution in [1.82, 2.24) is 15.1 Å². The molecule has 2 amide bonds. The first-order valence-corrected chi connectivity index (χ1v) is 11.5. The second-order valence-corrected chi connectivity index (χ2v) is 8.89. The van der Waals surface area contributed by atoms with Crippen molar-refractivity contribution >= 4 is 11.7 Å². The minimum atomic E-state index is -0.145. The van der Waals surface area contributed by atoms with Crippen LogP contribution < -0.4 is 15.4 Å². The van der Waals surface area contributed by atoms with Crippen LogP contribution in [0.2, 0.25) is 0 Å². The molecule has 1 aliphatic carbocycles. The first kappa shape index (κ1) is 20.5. The van der Waals surface area contributed by atoms with E-state index in [-0.39, 0.29) is 6.03 Å². The first-order chi connectivity index (χ1) is 14.2. The van der Waals surface area contributed by atoms with Gasteiger partial charge in [0.1, 0.15) is 11.9 Å². The Hall–Kier alpha value is -1.79. The third kappa shape index (κ3) is 5.64. The molecule has 2 heterocycles. The smallest absolute Gasteiger partial charge is 0.319 e. The zero-order valence-corrected chi connectivity index (χ0v) is 17.7. The molecule has 6 heteroatoms.